The van der Waals surface area contributed by atoms with E-state index in [9.17, 15) is 14.4 Å². The Morgan fingerprint density at radius 3 is 2.30 bits per heavy atom. The lowest BCUT2D eigenvalue weighted by Gasteiger charge is -2.15. The Kier molecular flexibility index (Phi) is 5.96. The van der Waals surface area contributed by atoms with E-state index >= 15 is 0 Å². The zero-order chi connectivity index (χ0) is 23.7. The number of fused-ring (bicyclic) bond motifs is 1. The van der Waals surface area contributed by atoms with Crippen molar-refractivity contribution in [2.24, 2.45) is 0 Å². The van der Waals surface area contributed by atoms with Crippen LogP contribution in [-0.4, -0.2) is 20.0 Å². The topological polar surface area (TPSA) is 86.0 Å². The summed E-state index contributed by atoms with van der Waals surface area (Å²) in [6, 6.07) is 18.3. The zero-order valence-corrected chi connectivity index (χ0v) is 19.1. The van der Waals surface area contributed by atoms with Gasteiger partial charge in [0.2, 0.25) is 5.91 Å². The number of aryl methyl sites for hydroxylation is 2. The molecule has 7 nitrogen and oxygen atoms in total. The number of aromatic nitrogens is 3. The molecule has 168 valence electrons. The van der Waals surface area contributed by atoms with Gasteiger partial charge in [-0.15, -0.1) is 0 Å². The van der Waals surface area contributed by atoms with Crippen molar-refractivity contribution in [2.75, 3.05) is 5.32 Å². The molecule has 0 saturated carbocycles. The summed E-state index contributed by atoms with van der Waals surface area (Å²) < 4.78 is 2.36. The van der Waals surface area contributed by atoms with Crippen molar-refractivity contribution in [3.63, 3.8) is 0 Å². The van der Waals surface area contributed by atoms with Crippen molar-refractivity contribution in [1.82, 2.24) is 14.1 Å². The first-order valence-electron chi connectivity index (χ1n) is 10.9. The fraction of sp³-hybridized carbons (Fsp3) is 0.231. The molecule has 0 unspecified atom stereocenters. The lowest BCUT2D eigenvalue weighted by atomic mass is 10.0. The second-order valence-electron chi connectivity index (χ2n) is 8.45. The molecule has 4 rings (SSSR count). The van der Waals surface area contributed by atoms with Crippen molar-refractivity contribution in [2.45, 2.75) is 40.2 Å². The summed E-state index contributed by atoms with van der Waals surface area (Å²) in [7, 11) is 0. The number of hydrogen-bond acceptors (Lipinski definition) is 4. The summed E-state index contributed by atoms with van der Waals surface area (Å²) in [6.07, 6.45) is 0. The third-order valence-electron chi connectivity index (χ3n) is 5.60. The van der Waals surface area contributed by atoms with Crippen LogP contribution in [0.25, 0.3) is 16.7 Å². The Morgan fingerprint density at radius 1 is 1.00 bits per heavy atom. The number of amides is 1. The lowest BCUT2D eigenvalue weighted by molar-refractivity contribution is -0.116. The van der Waals surface area contributed by atoms with Crippen molar-refractivity contribution in [1.29, 1.82) is 0 Å². The van der Waals surface area contributed by atoms with E-state index < -0.39 is 23.7 Å². The molecule has 0 aliphatic carbocycles. The number of pyridine rings is 1. The molecule has 2 aromatic heterocycles. The van der Waals surface area contributed by atoms with Gasteiger partial charge in [-0.2, -0.15) is 0 Å². The Labute approximate surface area is 191 Å². The van der Waals surface area contributed by atoms with Gasteiger partial charge in [-0.05, 0) is 61.2 Å². The molecule has 0 aliphatic rings. The van der Waals surface area contributed by atoms with E-state index in [2.05, 4.69) is 24.1 Å². The number of hydrogen-bond donors (Lipinski definition) is 1. The highest BCUT2D eigenvalue weighted by molar-refractivity contribution is 5.90. The highest BCUT2D eigenvalue weighted by Gasteiger charge is 2.19. The van der Waals surface area contributed by atoms with Gasteiger partial charge in [0, 0.05) is 11.4 Å². The average molecular weight is 443 g/mol. The quantitative estimate of drug-likeness (QED) is 0.508. The molecule has 0 spiro atoms. The van der Waals surface area contributed by atoms with Crippen LogP contribution in [0.1, 0.15) is 36.6 Å². The molecule has 33 heavy (non-hydrogen) atoms. The maximum atomic E-state index is 13.4. The molecule has 2 aromatic carbocycles. The number of carbonyl (C=O) groups is 1. The van der Waals surface area contributed by atoms with Gasteiger partial charge in [0.1, 0.15) is 6.54 Å². The van der Waals surface area contributed by atoms with Gasteiger partial charge in [-0.25, -0.2) is 18.9 Å². The van der Waals surface area contributed by atoms with Crippen molar-refractivity contribution in [3.8, 4) is 5.69 Å². The molecular formula is C26H26N4O3. The molecule has 1 amide bonds. The van der Waals surface area contributed by atoms with E-state index in [1.807, 2.05) is 37.3 Å². The third-order valence-corrected chi connectivity index (χ3v) is 5.60. The summed E-state index contributed by atoms with van der Waals surface area (Å²) in [5.41, 5.74) is 2.88. The van der Waals surface area contributed by atoms with Gasteiger partial charge in [0.05, 0.1) is 11.1 Å². The van der Waals surface area contributed by atoms with Crippen LogP contribution in [0.4, 0.5) is 5.69 Å². The van der Waals surface area contributed by atoms with E-state index in [0.29, 0.717) is 33.9 Å². The van der Waals surface area contributed by atoms with Crippen LogP contribution >= 0.6 is 0 Å². The molecule has 0 saturated heterocycles. The Morgan fingerprint density at radius 2 is 1.67 bits per heavy atom. The van der Waals surface area contributed by atoms with E-state index in [0.717, 1.165) is 10.1 Å². The van der Waals surface area contributed by atoms with Gasteiger partial charge >= 0.3 is 5.69 Å². The van der Waals surface area contributed by atoms with Crippen molar-refractivity contribution < 1.29 is 4.79 Å². The predicted octanol–water partition coefficient (Wildman–Crippen LogP) is 3.93. The van der Waals surface area contributed by atoms with E-state index in [1.165, 1.54) is 4.57 Å². The zero-order valence-electron chi connectivity index (χ0n) is 19.1. The number of benzene rings is 2. The number of nitrogens with zero attached hydrogens (tertiary/aromatic N) is 3. The molecule has 0 radical (unpaired) electrons. The van der Waals surface area contributed by atoms with Gasteiger partial charge in [0.15, 0.2) is 5.65 Å². The molecule has 0 fully saturated rings. The van der Waals surface area contributed by atoms with E-state index in [-0.39, 0.29) is 5.65 Å². The van der Waals surface area contributed by atoms with Crippen molar-refractivity contribution in [3.05, 3.63) is 98.3 Å². The largest absolute Gasteiger partial charge is 0.337 e. The monoisotopic (exact) mass is 442 g/mol. The smallest absolute Gasteiger partial charge is 0.325 e. The number of carbonyl (C=O) groups excluding carboxylic acids is 1. The minimum atomic E-state index is -0.610. The SMILES string of the molecule is Cc1cc(C)c2c(=O)n(CC(=O)Nc3ccc(C(C)C)cc3)c(=O)n(-c3ccccc3)c2n1. The minimum Gasteiger partial charge on any atom is -0.325 e. The summed E-state index contributed by atoms with van der Waals surface area (Å²) in [5, 5.41) is 3.10. The van der Waals surface area contributed by atoms with Crippen LogP contribution in [0.15, 0.2) is 70.3 Å². The second-order valence-corrected chi connectivity index (χ2v) is 8.45. The fourth-order valence-corrected chi connectivity index (χ4v) is 3.92. The fourth-order valence-electron chi connectivity index (χ4n) is 3.92. The van der Waals surface area contributed by atoms with Gasteiger partial charge in [0.25, 0.3) is 5.56 Å². The van der Waals surface area contributed by atoms with Crippen LogP contribution < -0.4 is 16.6 Å². The number of rotatable bonds is 5. The van der Waals surface area contributed by atoms with E-state index in [4.69, 9.17) is 0 Å². The number of para-hydroxylation sites is 1. The van der Waals surface area contributed by atoms with Crippen LogP contribution in [0.3, 0.4) is 0 Å². The van der Waals surface area contributed by atoms with Crippen LogP contribution in [0, 0.1) is 13.8 Å². The first-order valence-corrected chi connectivity index (χ1v) is 10.9. The predicted molar refractivity (Wildman–Crippen MR) is 130 cm³/mol. The summed E-state index contributed by atoms with van der Waals surface area (Å²) in [6.45, 7) is 7.40. The average Bonchev–Trinajstić information content (AvgIpc) is 2.77. The standard InChI is InChI=1S/C26H26N4O3/c1-16(2)19-10-12-20(13-11-19)28-22(31)15-29-25(32)23-17(3)14-18(4)27-24(23)30(26(29)33)21-8-6-5-7-9-21/h5-14,16H,15H2,1-4H3,(H,28,31). The van der Waals surface area contributed by atoms with Gasteiger partial charge in [-0.3, -0.25) is 9.59 Å². The Hall–Kier alpha value is -4.00. The van der Waals surface area contributed by atoms with Crippen LogP contribution in [-0.2, 0) is 11.3 Å². The molecule has 2 heterocycles. The highest BCUT2D eigenvalue weighted by atomic mass is 16.2. The maximum Gasteiger partial charge on any atom is 0.337 e. The second kappa shape index (κ2) is 8.86. The van der Waals surface area contributed by atoms with E-state index in [1.54, 1.807) is 37.3 Å². The van der Waals surface area contributed by atoms with Gasteiger partial charge in [-0.1, -0.05) is 44.2 Å². The summed E-state index contributed by atoms with van der Waals surface area (Å²) in [4.78, 5) is 44.0. The number of nitrogens with one attached hydrogen (secondary N) is 1. The first-order chi connectivity index (χ1) is 15.8. The molecule has 0 bridgehead atoms. The Balaban J connectivity index is 1.80. The molecule has 0 atom stereocenters. The minimum absolute atomic E-state index is 0.287. The first kappa shape index (κ1) is 22.2. The maximum absolute atomic E-state index is 13.4. The Bertz CT molecular complexity index is 1450. The highest BCUT2D eigenvalue weighted by Crippen LogP contribution is 2.18. The third kappa shape index (κ3) is 4.35. The molecule has 7 heteroatoms. The van der Waals surface area contributed by atoms with Crippen LogP contribution in [0.5, 0.6) is 0 Å². The normalized spacial score (nSPS) is 11.2. The summed E-state index contributed by atoms with van der Waals surface area (Å²) in [5.74, 6) is -0.0777. The lowest BCUT2D eigenvalue weighted by Crippen LogP contribution is -2.42. The number of anilines is 1. The summed E-state index contributed by atoms with van der Waals surface area (Å²) >= 11 is 0. The molecule has 1 N–H and O–H groups in total. The van der Waals surface area contributed by atoms with Crippen LogP contribution in [0.2, 0.25) is 0 Å². The molecule has 0 aliphatic heterocycles. The van der Waals surface area contributed by atoms with Gasteiger partial charge < -0.3 is 5.32 Å². The van der Waals surface area contributed by atoms with Crippen molar-refractivity contribution >= 4 is 22.6 Å². The molecule has 4 aromatic rings. The molecular weight excluding hydrogens is 416 g/mol.